The summed E-state index contributed by atoms with van der Waals surface area (Å²) in [6.45, 7) is 0.793. The predicted octanol–water partition coefficient (Wildman–Crippen LogP) is 2.86. The third kappa shape index (κ3) is 4.32. The largest absolute Gasteiger partial charge is 0.578 e. The van der Waals surface area contributed by atoms with Gasteiger partial charge in [-0.3, -0.25) is 10.1 Å². The summed E-state index contributed by atoms with van der Waals surface area (Å²) in [6, 6.07) is 8.11. The van der Waals surface area contributed by atoms with Gasteiger partial charge in [-0.05, 0) is 30.2 Å². The van der Waals surface area contributed by atoms with Gasteiger partial charge in [0, 0.05) is 36.5 Å². The van der Waals surface area contributed by atoms with E-state index in [1.54, 1.807) is 30.4 Å². The van der Waals surface area contributed by atoms with Crippen molar-refractivity contribution < 1.29 is 5.11 Å². The number of hydrogen-bond donors (Lipinski definition) is 2. The maximum Gasteiger partial charge on any atom is 0.369 e. The van der Waals surface area contributed by atoms with E-state index >= 15 is 0 Å². The number of aryl methyl sites for hydroxylation is 1. The van der Waals surface area contributed by atoms with Gasteiger partial charge in [0.15, 0.2) is 0 Å². The van der Waals surface area contributed by atoms with Gasteiger partial charge in [-0.15, -0.1) is 4.99 Å². The molecule has 9 heteroatoms. The Hall–Kier alpha value is -3.20. The number of aromatic nitrogens is 4. The zero-order chi connectivity index (χ0) is 21.8. The number of amidine groups is 1. The number of nitrogen functional groups attached to an aromatic ring is 1. The van der Waals surface area contributed by atoms with Gasteiger partial charge >= 0.3 is 5.90 Å². The summed E-state index contributed by atoms with van der Waals surface area (Å²) in [5, 5.41) is 21.4. The Kier molecular flexibility index (Phi) is 6.03. The van der Waals surface area contributed by atoms with Crippen molar-refractivity contribution in [1.29, 1.82) is 5.41 Å². The lowest BCUT2D eigenvalue weighted by Crippen LogP contribution is -2.41. The number of rotatable bonds is 7. The molecule has 4 rings (SSSR count). The molecule has 2 aromatic heterocycles. The highest BCUT2D eigenvalue weighted by atomic mass is 32.2. The second-order valence-electron chi connectivity index (χ2n) is 7.64. The average Bonchev–Trinajstić information content (AvgIpc) is 3.22. The van der Waals surface area contributed by atoms with Crippen LogP contribution in [0.15, 0.2) is 54.0 Å². The van der Waals surface area contributed by atoms with Gasteiger partial charge in [0.2, 0.25) is 5.95 Å². The summed E-state index contributed by atoms with van der Waals surface area (Å²) in [7, 11) is 0. The van der Waals surface area contributed by atoms with E-state index in [4.69, 9.17) is 16.2 Å². The van der Waals surface area contributed by atoms with Crippen molar-refractivity contribution in [2.24, 2.45) is 4.99 Å². The van der Waals surface area contributed by atoms with Gasteiger partial charge in [-0.25, -0.2) is 9.97 Å². The molecule has 3 aromatic rings. The topological polar surface area (TPSA) is 129 Å². The second kappa shape index (κ2) is 8.89. The highest BCUT2D eigenvalue weighted by Gasteiger charge is 2.43. The van der Waals surface area contributed by atoms with Crippen LogP contribution in [0.5, 0.6) is 0 Å². The molecule has 1 aromatic carbocycles. The standard InChI is InChI=1S/C22H25N7OS/c1-31-10-9-29-14-17(13-27-29)19(30)28-20(23)22(7-2-8-22)18-5-3-15(4-6-18)16-11-25-21(24)26-12-16/h3-6,11-14H,2,7-10H2,1H3,(H2,23,28,30)(H2,24,25,26)/p+1. The van der Waals surface area contributed by atoms with E-state index in [-0.39, 0.29) is 17.7 Å². The molecule has 1 saturated carbocycles. The normalized spacial score (nSPS) is 15.5. The molecule has 5 N–H and O–H groups in total. The zero-order valence-corrected chi connectivity index (χ0v) is 18.2. The molecule has 1 aliphatic rings. The highest BCUT2D eigenvalue weighted by Crippen LogP contribution is 2.45. The van der Waals surface area contributed by atoms with E-state index < -0.39 is 5.41 Å². The lowest BCUT2D eigenvalue weighted by atomic mass is 9.63. The Bertz CT molecular complexity index is 1090. The SMILES string of the molecule is CSCCn1cc(C([OH2+])=NC(=N)C2(c3ccc(-c4cnc(N)nc4)cc3)CCC2)cn1. The lowest BCUT2D eigenvalue weighted by Gasteiger charge is -2.41. The Morgan fingerprint density at radius 1 is 1.19 bits per heavy atom. The molecule has 0 aliphatic heterocycles. The third-order valence-electron chi connectivity index (χ3n) is 5.76. The number of benzene rings is 1. The number of thioether (sulfide) groups is 1. The molecule has 31 heavy (non-hydrogen) atoms. The minimum absolute atomic E-state index is 0.0855. The Morgan fingerprint density at radius 2 is 1.90 bits per heavy atom. The summed E-state index contributed by atoms with van der Waals surface area (Å²) in [5.74, 6) is 1.54. The van der Waals surface area contributed by atoms with Crippen LogP contribution < -0.4 is 5.73 Å². The monoisotopic (exact) mass is 436 g/mol. The smallest absolute Gasteiger partial charge is 0.369 e. The molecular formula is C22H26N7OS+. The molecule has 0 amide bonds. The quantitative estimate of drug-likeness (QED) is 0.334. The summed E-state index contributed by atoms with van der Waals surface area (Å²) >= 11 is 1.75. The summed E-state index contributed by atoms with van der Waals surface area (Å²) in [5.41, 5.74) is 8.71. The molecule has 0 radical (unpaired) electrons. The fraction of sp³-hybridized carbons (Fsp3) is 0.318. The number of nitrogens with zero attached hydrogens (tertiary/aromatic N) is 5. The van der Waals surface area contributed by atoms with E-state index in [0.29, 0.717) is 5.56 Å². The van der Waals surface area contributed by atoms with E-state index in [9.17, 15) is 0 Å². The first-order valence-electron chi connectivity index (χ1n) is 10.1. The van der Waals surface area contributed by atoms with Gasteiger partial charge < -0.3 is 10.8 Å². The van der Waals surface area contributed by atoms with E-state index in [0.717, 1.165) is 48.3 Å². The Morgan fingerprint density at radius 3 is 2.52 bits per heavy atom. The molecule has 0 saturated heterocycles. The van der Waals surface area contributed by atoms with E-state index in [1.165, 1.54) is 0 Å². The van der Waals surface area contributed by atoms with Crippen LogP contribution in [0.2, 0.25) is 0 Å². The second-order valence-corrected chi connectivity index (χ2v) is 8.62. The fourth-order valence-corrected chi connectivity index (χ4v) is 4.11. The molecular weight excluding hydrogens is 410 g/mol. The van der Waals surface area contributed by atoms with Crippen molar-refractivity contribution in [3.8, 4) is 11.1 Å². The van der Waals surface area contributed by atoms with Crippen molar-refractivity contribution in [3.05, 3.63) is 60.2 Å². The zero-order valence-electron chi connectivity index (χ0n) is 17.4. The van der Waals surface area contributed by atoms with E-state index in [2.05, 4.69) is 26.3 Å². The van der Waals surface area contributed by atoms with Crippen LogP contribution in [0.1, 0.15) is 30.4 Å². The van der Waals surface area contributed by atoms with Gasteiger partial charge in [0.25, 0.3) is 0 Å². The summed E-state index contributed by atoms with van der Waals surface area (Å²) in [4.78, 5) is 12.5. The van der Waals surface area contributed by atoms with Crippen molar-refractivity contribution in [2.45, 2.75) is 31.2 Å². The van der Waals surface area contributed by atoms with Crippen LogP contribution in [0.4, 0.5) is 5.95 Å². The average molecular weight is 437 g/mol. The van der Waals surface area contributed by atoms with Crippen molar-refractivity contribution in [3.63, 3.8) is 0 Å². The Balaban J connectivity index is 1.54. The first-order chi connectivity index (χ1) is 15.0. The van der Waals surface area contributed by atoms with Crippen LogP contribution in [0.3, 0.4) is 0 Å². The highest BCUT2D eigenvalue weighted by molar-refractivity contribution is 7.98. The van der Waals surface area contributed by atoms with Crippen LogP contribution >= 0.6 is 11.8 Å². The molecule has 0 atom stereocenters. The number of anilines is 1. The first-order valence-corrected chi connectivity index (χ1v) is 11.5. The molecule has 8 nitrogen and oxygen atoms in total. The molecule has 0 unspecified atom stereocenters. The first kappa shape index (κ1) is 21.0. The predicted molar refractivity (Wildman–Crippen MR) is 126 cm³/mol. The molecule has 160 valence electrons. The third-order valence-corrected chi connectivity index (χ3v) is 6.35. The van der Waals surface area contributed by atoms with Crippen LogP contribution in [0.25, 0.3) is 11.1 Å². The van der Waals surface area contributed by atoms with Crippen molar-refractivity contribution in [2.75, 3.05) is 17.7 Å². The van der Waals surface area contributed by atoms with Crippen molar-refractivity contribution in [1.82, 2.24) is 19.7 Å². The molecule has 1 fully saturated rings. The van der Waals surface area contributed by atoms with Gasteiger partial charge in [0.05, 0.1) is 11.6 Å². The van der Waals surface area contributed by atoms with Crippen LogP contribution in [-0.2, 0) is 12.0 Å². The molecule has 0 bridgehead atoms. The number of aliphatic imine (C=N–C) groups is 1. The number of nitrogens with one attached hydrogen (secondary N) is 1. The Labute approximate surface area is 185 Å². The van der Waals surface area contributed by atoms with Crippen LogP contribution in [0, 0.1) is 5.41 Å². The summed E-state index contributed by atoms with van der Waals surface area (Å²) in [6.07, 6.45) is 11.7. The number of hydrogen-bond acceptors (Lipinski definition) is 6. The van der Waals surface area contributed by atoms with Gasteiger partial charge in [0.1, 0.15) is 11.4 Å². The number of nitrogens with two attached hydrogens (primary N) is 1. The maximum atomic E-state index is 8.70. The lowest BCUT2D eigenvalue weighted by molar-refractivity contribution is 0.336. The maximum absolute atomic E-state index is 8.70. The van der Waals surface area contributed by atoms with Gasteiger partial charge in [-0.2, -0.15) is 16.9 Å². The minimum Gasteiger partial charge on any atom is -0.578 e. The van der Waals surface area contributed by atoms with Crippen LogP contribution in [-0.4, -0.2) is 48.6 Å². The van der Waals surface area contributed by atoms with Crippen molar-refractivity contribution >= 4 is 29.4 Å². The summed E-state index contributed by atoms with van der Waals surface area (Å²) < 4.78 is 1.82. The molecule has 2 heterocycles. The minimum atomic E-state index is -0.433. The van der Waals surface area contributed by atoms with Gasteiger partial charge in [-0.1, -0.05) is 30.7 Å². The molecule has 0 spiro atoms. The fourth-order valence-electron chi connectivity index (χ4n) is 3.74. The molecule has 1 aliphatic carbocycles. The van der Waals surface area contributed by atoms with E-state index in [1.807, 2.05) is 35.1 Å².